The van der Waals surface area contributed by atoms with Gasteiger partial charge in [0.15, 0.2) is 0 Å². The summed E-state index contributed by atoms with van der Waals surface area (Å²) in [5.41, 5.74) is 2.27. The fourth-order valence-electron chi connectivity index (χ4n) is 2.82. The number of rotatable bonds is 2. The number of halogens is 2. The van der Waals surface area contributed by atoms with Gasteiger partial charge in [0.2, 0.25) is 0 Å². The number of carbonyl (C=O) groups excluding carboxylic acids is 3. The number of nitrogens with zero attached hydrogens (tertiary/aromatic N) is 1. The lowest BCUT2D eigenvalue weighted by Crippen LogP contribution is -2.54. The molecular formula is C19H14I2N2O4. The monoisotopic (exact) mass is 588 g/mol. The molecular weight excluding hydrogens is 574 g/mol. The fraction of sp³-hybridized carbons (Fsp3) is 0.105. The van der Waals surface area contributed by atoms with E-state index in [2.05, 4.69) is 27.9 Å². The number of phenolic OH excluding ortho intramolecular Hbond substituents is 1. The molecule has 4 amide bonds. The molecule has 27 heavy (non-hydrogen) atoms. The molecule has 1 fully saturated rings. The van der Waals surface area contributed by atoms with Gasteiger partial charge in [-0.05, 0) is 100 Å². The Bertz CT molecular complexity index is 1010. The molecule has 0 aromatic heterocycles. The van der Waals surface area contributed by atoms with E-state index in [1.54, 1.807) is 24.3 Å². The zero-order valence-corrected chi connectivity index (χ0v) is 18.7. The Morgan fingerprint density at radius 1 is 1.00 bits per heavy atom. The smallest absolute Gasteiger partial charge is 0.335 e. The first kappa shape index (κ1) is 19.8. The van der Waals surface area contributed by atoms with E-state index >= 15 is 0 Å². The van der Waals surface area contributed by atoms with Crippen LogP contribution in [0.5, 0.6) is 5.75 Å². The van der Waals surface area contributed by atoms with E-state index in [0.29, 0.717) is 14.8 Å². The van der Waals surface area contributed by atoms with Crippen molar-refractivity contribution >= 4 is 74.8 Å². The predicted octanol–water partition coefficient (Wildman–Crippen LogP) is 3.88. The van der Waals surface area contributed by atoms with Crippen molar-refractivity contribution in [2.45, 2.75) is 13.8 Å². The zero-order chi connectivity index (χ0) is 19.9. The summed E-state index contributed by atoms with van der Waals surface area (Å²) >= 11 is 4.05. The topological polar surface area (TPSA) is 86.7 Å². The number of imide groups is 2. The van der Waals surface area contributed by atoms with Crippen molar-refractivity contribution in [2.24, 2.45) is 0 Å². The van der Waals surface area contributed by atoms with Gasteiger partial charge in [0, 0.05) is 9.13 Å². The highest BCUT2D eigenvalue weighted by Gasteiger charge is 2.37. The summed E-state index contributed by atoms with van der Waals surface area (Å²) < 4.78 is 1.44. The lowest BCUT2D eigenvalue weighted by atomic mass is 10.0. The Morgan fingerprint density at radius 2 is 1.63 bits per heavy atom. The van der Waals surface area contributed by atoms with Gasteiger partial charge in [-0.3, -0.25) is 14.9 Å². The predicted molar refractivity (Wildman–Crippen MR) is 118 cm³/mol. The molecule has 138 valence electrons. The Kier molecular flexibility index (Phi) is 5.56. The van der Waals surface area contributed by atoms with Crippen molar-refractivity contribution in [3.05, 3.63) is 59.7 Å². The van der Waals surface area contributed by atoms with Crippen LogP contribution in [0.25, 0.3) is 6.08 Å². The quantitative estimate of drug-likeness (QED) is 0.317. The number of hydrogen-bond donors (Lipinski definition) is 2. The molecule has 2 aromatic carbocycles. The van der Waals surface area contributed by atoms with Crippen LogP contribution in [0.3, 0.4) is 0 Å². The molecule has 8 heteroatoms. The van der Waals surface area contributed by atoms with Gasteiger partial charge in [-0.1, -0.05) is 6.07 Å². The maximum absolute atomic E-state index is 12.9. The number of phenols is 1. The molecule has 0 aliphatic carbocycles. The number of barbiturate groups is 1. The molecule has 0 saturated carbocycles. The van der Waals surface area contributed by atoms with E-state index in [1.165, 1.54) is 6.08 Å². The minimum atomic E-state index is -0.798. The number of hydrogen-bond acceptors (Lipinski definition) is 4. The summed E-state index contributed by atoms with van der Waals surface area (Å²) in [5, 5.41) is 12.4. The molecule has 1 aliphatic heterocycles. The molecule has 0 spiro atoms. The average Bonchev–Trinajstić information content (AvgIpc) is 2.54. The lowest BCUT2D eigenvalue weighted by molar-refractivity contribution is -0.122. The Morgan fingerprint density at radius 3 is 2.26 bits per heavy atom. The number of aryl methyl sites for hydroxylation is 2. The van der Waals surface area contributed by atoms with Gasteiger partial charge in [0.1, 0.15) is 11.3 Å². The van der Waals surface area contributed by atoms with Gasteiger partial charge in [-0.2, -0.15) is 0 Å². The first-order valence-electron chi connectivity index (χ1n) is 7.85. The number of amides is 4. The van der Waals surface area contributed by atoms with E-state index in [4.69, 9.17) is 0 Å². The molecule has 2 aromatic rings. The Balaban J connectivity index is 2.10. The molecule has 0 radical (unpaired) electrons. The summed E-state index contributed by atoms with van der Waals surface area (Å²) in [4.78, 5) is 38.5. The minimum absolute atomic E-state index is 0.0287. The molecule has 1 heterocycles. The standard InChI is InChI=1S/C19H14I2N2O4/c1-9-3-10(2)5-13(4-9)23-18(26)14(17(25)22-19(23)27)7-11-6-12(20)8-15(21)16(11)24/h3-8,24H,1-2H3,(H,22,25,27)/b14-7+. The van der Waals surface area contributed by atoms with E-state index in [1.807, 2.05) is 42.5 Å². The van der Waals surface area contributed by atoms with E-state index < -0.39 is 17.8 Å². The summed E-state index contributed by atoms with van der Waals surface area (Å²) in [5.74, 6) is -1.56. The summed E-state index contributed by atoms with van der Waals surface area (Å²) in [6, 6.07) is 7.95. The van der Waals surface area contributed by atoms with Crippen LogP contribution >= 0.6 is 45.2 Å². The van der Waals surface area contributed by atoms with Gasteiger partial charge in [-0.15, -0.1) is 0 Å². The first-order chi connectivity index (χ1) is 12.7. The molecule has 0 unspecified atom stereocenters. The van der Waals surface area contributed by atoms with Crippen LogP contribution in [0, 0.1) is 21.0 Å². The molecule has 0 bridgehead atoms. The Hall–Kier alpha value is -1.95. The number of carbonyl (C=O) groups is 3. The highest BCUT2D eigenvalue weighted by Crippen LogP contribution is 2.30. The minimum Gasteiger partial charge on any atom is -0.506 e. The average molecular weight is 588 g/mol. The highest BCUT2D eigenvalue weighted by atomic mass is 127. The molecule has 3 rings (SSSR count). The van der Waals surface area contributed by atoms with Gasteiger partial charge in [-0.25, -0.2) is 9.69 Å². The molecule has 0 atom stereocenters. The van der Waals surface area contributed by atoms with Gasteiger partial charge in [0.05, 0.1) is 9.26 Å². The van der Waals surface area contributed by atoms with Crippen LogP contribution in [0.15, 0.2) is 35.9 Å². The molecule has 2 N–H and O–H groups in total. The van der Waals surface area contributed by atoms with Gasteiger partial charge >= 0.3 is 6.03 Å². The number of anilines is 1. The zero-order valence-electron chi connectivity index (χ0n) is 14.3. The van der Waals surface area contributed by atoms with Crippen LogP contribution in [-0.4, -0.2) is 23.0 Å². The first-order valence-corrected chi connectivity index (χ1v) is 10.0. The second-order valence-electron chi connectivity index (χ2n) is 6.13. The van der Waals surface area contributed by atoms with Crippen LogP contribution in [0.1, 0.15) is 16.7 Å². The second kappa shape index (κ2) is 7.58. The summed E-state index contributed by atoms with van der Waals surface area (Å²) in [6.07, 6.45) is 1.30. The maximum atomic E-state index is 12.9. The Labute approximate surface area is 182 Å². The highest BCUT2D eigenvalue weighted by molar-refractivity contribution is 14.1. The van der Waals surface area contributed by atoms with Crippen LogP contribution in [0.2, 0.25) is 0 Å². The largest absolute Gasteiger partial charge is 0.506 e. The van der Waals surface area contributed by atoms with E-state index in [9.17, 15) is 19.5 Å². The van der Waals surface area contributed by atoms with Crippen molar-refractivity contribution in [1.29, 1.82) is 0 Å². The summed E-state index contributed by atoms with van der Waals surface area (Å²) in [7, 11) is 0. The number of nitrogens with one attached hydrogen (secondary N) is 1. The molecule has 1 aliphatic rings. The van der Waals surface area contributed by atoms with E-state index in [0.717, 1.165) is 19.6 Å². The number of urea groups is 1. The third kappa shape index (κ3) is 4.00. The van der Waals surface area contributed by atoms with Crippen LogP contribution < -0.4 is 10.2 Å². The van der Waals surface area contributed by atoms with Gasteiger partial charge < -0.3 is 5.11 Å². The van der Waals surface area contributed by atoms with Crippen LogP contribution in [0.4, 0.5) is 10.5 Å². The second-order valence-corrected chi connectivity index (χ2v) is 8.54. The third-order valence-electron chi connectivity index (χ3n) is 3.92. The normalized spacial score (nSPS) is 16.1. The number of aromatic hydroxyl groups is 1. The van der Waals surface area contributed by atoms with Crippen LogP contribution in [-0.2, 0) is 9.59 Å². The summed E-state index contributed by atoms with van der Waals surface area (Å²) in [6.45, 7) is 3.72. The van der Waals surface area contributed by atoms with Gasteiger partial charge in [0.25, 0.3) is 11.8 Å². The lowest BCUT2D eigenvalue weighted by Gasteiger charge is -2.27. The van der Waals surface area contributed by atoms with Crippen molar-refractivity contribution in [3.63, 3.8) is 0 Å². The maximum Gasteiger partial charge on any atom is 0.335 e. The molecule has 1 saturated heterocycles. The van der Waals surface area contributed by atoms with Crippen molar-refractivity contribution in [1.82, 2.24) is 5.32 Å². The fourth-order valence-corrected chi connectivity index (χ4v) is 4.71. The van der Waals surface area contributed by atoms with E-state index in [-0.39, 0.29) is 11.3 Å². The van der Waals surface area contributed by atoms with Crippen molar-refractivity contribution in [3.8, 4) is 5.75 Å². The molecule has 6 nitrogen and oxygen atoms in total. The SMILES string of the molecule is Cc1cc(C)cc(N2C(=O)NC(=O)/C(=C\c3cc(I)cc(I)c3O)C2=O)c1. The number of benzene rings is 2. The van der Waals surface area contributed by atoms with Crippen molar-refractivity contribution in [2.75, 3.05) is 4.90 Å². The van der Waals surface area contributed by atoms with Crippen molar-refractivity contribution < 1.29 is 19.5 Å². The third-order valence-corrected chi connectivity index (χ3v) is 5.37.